The molecule has 5 nitrogen and oxygen atoms in total. The van der Waals surface area contributed by atoms with E-state index in [4.69, 9.17) is 11.6 Å². The Bertz CT molecular complexity index is 865. The smallest absolute Gasteiger partial charge is 0.275 e. The zero-order valence-corrected chi connectivity index (χ0v) is 13.7. The van der Waals surface area contributed by atoms with Crippen molar-refractivity contribution >= 4 is 34.7 Å². The van der Waals surface area contributed by atoms with Gasteiger partial charge < -0.3 is 10.6 Å². The normalized spacial score (nSPS) is 10.2. The molecule has 0 bridgehead atoms. The fraction of sp³-hybridized carbons (Fsp3) is 0.0556. The van der Waals surface area contributed by atoms with Crippen LogP contribution in [0.2, 0.25) is 5.02 Å². The number of hydrogen-bond donors (Lipinski definition) is 2. The van der Waals surface area contributed by atoms with Crippen molar-refractivity contribution in [1.82, 2.24) is 9.97 Å². The number of nitrogens with one attached hydrogen (secondary N) is 2. The van der Waals surface area contributed by atoms with Crippen LogP contribution >= 0.6 is 11.6 Å². The molecule has 1 aromatic heterocycles. The van der Waals surface area contributed by atoms with Gasteiger partial charge in [-0.05, 0) is 42.8 Å². The van der Waals surface area contributed by atoms with Crippen molar-refractivity contribution in [2.45, 2.75) is 6.92 Å². The van der Waals surface area contributed by atoms with Crippen LogP contribution in [0.25, 0.3) is 0 Å². The number of carbonyl (C=O) groups excluding carboxylic acids is 1. The average molecular weight is 339 g/mol. The molecule has 0 fully saturated rings. The van der Waals surface area contributed by atoms with Crippen molar-refractivity contribution in [2.75, 3.05) is 10.6 Å². The minimum atomic E-state index is -0.303. The Kier molecular flexibility index (Phi) is 4.72. The van der Waals surface area contributed by atoms with Gasteiger partial charge in [0.15, 0.2) is 0 Å². The van der Waals surface area contributed by atoms with Gasteiger partial charge in [-0.2, -0.15) is 0 Å². The lowest BCUT2D eigenvalue weighted by atomic mass is 10.2. The van der Waals surface area contributed by atoms with Crippen LogP contribution in [0, 0.1) is 6.92 Å². The molecule has 2 aromatic carbocycles. The second kappa shape index (κ2) is 7.10. The number of halogens is 1. The van der Waals surface area contributed by atoms with E-state index in [-0.39, 0.29) is 11.6 Å². The van der Waals surface area contributed by atoms with E-state index >= 15 is 0 Å². The van der Waals surface area contributed by atoms with Crippen molar-refractivity contribution in [3.8, 4) is 0 Å². The topological polar surface area (TPSA) is 66.9 Å². The average Bonchev–Trinajstić information content (AvgIpc) is 2.55. The van der Waals surface area contributed by atoms with E-state index in [0.29, 0.717) is 10.8 Å². The molecule has 0 unspecified atom stereocenters. The maximum absolute atomic E-state index is 12.2. The first-order valence-electron chi connectivity index (χ1n) is 7.33. The predicted molar refractivity (Wildman–Crippen MR) is 95.9 cm³/mol. The van der Waals surface area contributed by atoms with Gasteiger partial charge in [0.05, 0.1) is 12.4 Å². The highest BCUT2D eigenvalue weighted by atomic mass is 35.5. The molecule has 0 spiro atoms. The van der Waals surface area contributed by atoms with Crippen molar-refractivity contribution in [1.29, 1.82) is 0 Å². The number of aryl methyl sites for hydroxylation is 1. The highest BCUT2D eigenvalue weighted by molar-refractivity contribution is 6.30. The van der Waals surface area contributed by atoms with E-state index in [2.05, 4.69) is 20.6 Å². The van der Waals surface area contributed by atoms with Gasteiger partial charge in [0.2, 0.25) is 0 Å². The van der Waals surface area contributed by atoms with E-state index < -0.39 is 0 Å². The van der Waals surface area contributed by atoms with E-state index in [1.165, 1.54) is 12.4 Å². The minimum Gasteiger partial charge on any atom is -0.339 e. The molecule has 120 valence electrons. The summed E-state index contributed by atoms with van der Waals surface area (Å²) in [6.45, 7) is 1.96. The molecule has 0 saturated heterocycles. The quantitative estimate of drug-likeness (QED) is 0.738. The van der Waals surface area contributed by atoms with Crippen LogP contribution in [0.3, 0.4) is 0 Å². The number of amides is 1. The molecule has 0 saturated carbocycles. The van der Waals surface area contributed by atoms with Crippen molar-refractivity contribution in [3.05, 3.63) is 77.2 Å². The van der Waals surface area contributed by atoms with E-state index in [0.717, 1.165) is 16.9 Å². The lowest BCUT2D eigenvalue weighted by Gasteiger charge is -2.07. The lowest BCUT2D eigenvalue weighted by molar-refractivity contribution is 0.102. The summed E-state index contributed by atoms with van der Waals surface area (Å²) in [6.07, 6.45) is 2.93. The van der Waals surface area contributed by atoms with Gasteiger partial charge in [0.1, 0.15) is 11.5 Å². The summed E-state index contributed by atoms with van der Waals surface area (Å²) in [4.78, 5) is 20.5. The molecular formula is C18H15ClN4O. The molecule has 0 aliphatic carbocycles. The van der Waals surface area contributed by atoms with Gasteiger partial charge in [-0.3, -0.25) is 4.79 Å². The highest BCUT2D eigenvalue weighted by Crippen LogP contribution is 2.18. The van der Waals surface area contributed by atoms with Crippen LogP contribution in [0.1, 0.15) is 16.1 Å². The number of carbonyl (C=O) groups is 1. The Morgan fingerprint density at radius 2 is 1.79 bits per heavy atom. The number of hydrogen-bond acceptors (Lipinski definition) is 4. The Balaban J connectivity index is 1.68. The third-order valence-electron chi connectivity index (χ3n) is 3.26. The molecule has 0 atom stereocenters. The number of aromatic nitrogens is 2. The maximum atomic E-state index is 12.2. The Morgan fingerprint density at radius 1 is 1.00 bits per heavy atom. The van der Waals surface area contributed by atoms with Gasteiger partial charge in [0, 0.05) is 16.4 Å². The van der Waals surface area contributed by atoms with Crippen molar-refractivity contribution in [2.24, 2.45) is 0 Å². The highest BCUT2D eigenvalue weighted by Gasteiger charge is 2.09. The zero-order chi connectivity index (χ0) is 16.9. The van der Waals surface area contributed by atoms with Crippen LogP contribution in [0.4, 0.5) is 17.2 Å². The molecule has 24 heavy (non-hydrogen) atoms. The monoisotopic (exact) mass is 338 g/mol. The second-order valence-electron chi connectivity index (χ2n) is 5.25. The molecule has 0 aliphatic rings. The largest absolute Gasteiger partial charge is 0.339 e. The molecule has 0 radical (unpaired) electrons. The van der Waals surface area contributed by atoms with Crippen LogP contribution in [0.5, 0.6) is 0 Å². The molecular weight excluding hydrogens is 324 g/mol. The first kappa shape index (κ1) is 16.0. The first-order chi connectivity index (χ1) is 11.6. The number of rotatable bonds is 4. The van der Waals surface area contributed by atoms with Crippen LogP contribution < -0.4 is 10.6 Å². The lowest BCUT2D eigenvalue weighted by Crippen LogP contribution is -2.14. The van der Waals surface area contributed by atoms with Gasteiger partial charge in [-0.25, -0.2) is 9.97 Å². The predicted octanol–water partition coefficient (Wildman–Crippen LogP) is 4.43. The molecule has 6 heteroatoms. The molecule has 1 heterocycles. The summed E-state index contributed by atoms with van der Waals surface area (Å²) in [5.41, 5.74) is 2.84. The Morgan fingerprint density at radius 3 is 2.50 bits per heavy atom. The van der Waals surface area contributed by atoms with Crippen LogP contribution in [-0.4, -0.2) is 15.9 Å². The summed E-state index contributed by atoms with van der Waals surface area (Å²) in [7, 11) is 0. The minimum absolute atomic E-state index is 0.244. The van der Waals surface area contributed by atoms with Gasteiger partial charge >= 0.3 is 0 Å². The number of anilines is 3. The summed E-state index contributed by atoms with van der Waals surface area (Å²) in [6, 6.07) is 14.8. The fourth-order valence-electron chi connectivity index (χ4n) is 2.14. The van der Waals surface area contributed by atoms with Gasteiger partial charge in [-0.1, -0.05) is 29.8 Å². The van der Waals surface area contributed by atoms with Gasteiger partial charge in [-0.15, -0.1) is 0 Å². The number of nitrogens with zero attached hydrogens (tertiary/aromatic N) is 2. The summed E-state index contributed by atoms with van der Waals surface area (Å²) in [5, 5.41) is 6.50. The first-order valence-corrected chi connectivity index (χ1v) is 7.70. The summed E-state index contributed by atoms with van der Waals surface area (Å²) < 4.78 is 0. The molecule has 1 amide bonds. The van der Waals surface area contributed by atoms with E-state index in [1.807, 2.05) is 43.3 Å². The summed E-state index contributed by atoms with van der Waals surface area (Å²) in [5.74, 6) is 0.228. The van der Waals surface area contributed by atoms with Crippen molar-refractivity contribution in [3.63, 3.8) is 0 Å². The third-order valence-corrected chi connectivity index (χ3v) is 3.49. The van der Waals surface area contributed by atoms with Gasteiger partial charge in [0.25, 0.3) is 5.91 Å². The maximum Gasteiger partial charge on any atom is 0.275 e. The van der Waals surface area contributed by atoms with Crippen LogP contribution in [0.15, 0.2) is 60.9 Å². The second-order valence-corrected chi connectivity index (χ2v) is 5.68. The molecule has 3 rings (SSSR count). The van der Waals surface area contributed by atoms with E-state index in [1.54, 1.807) is 12.1 Å². The Hall–Kier alpha value is -2.92. The number of benzene rings is 2. The Labute approximate surface area is 144 Å². The van der Waals surface area contributed by atoms with Crippen molar-refractivity contribution < 1.29 is 4.79 Å². The molecule has 0 aliphatic heterocycles. The molecule has 2 N–H and O–H groups in total. The third kappa shape index (κ3) is 4.08. The summed E-state index contributed by atoms with van der Waals surface area (Å²) >= 11 is 5.94. The van der Waals surface area contributed by atoms with Crippen LogP contribution in [-0.2, 0) is 0 Å². The SMILES string of the molecule is Cc1cccc(NC(=O)c2cnc(Nc3cccc(Cl)c3)cn2)c1. The molecule has 3 aromatic rings. The van der Waals surface area contributed by atoms with E-state index in [9.17, 15) is 4.79 Å². The zero-order valence-electron chi connectivity index (χ0n) is 13.0. The standard InChI is InChI=1S/C18H15ClN4O/c1-12-4-2-6-14(8-12)23-18(24)16-10-21-17(11-20-16)22-15-7-3-5-13(19)9-15/h2-11H,1H3,(H,21,22)(H,23,24). The fourth-order valence-corrected chi connectivity index (χ4v) is 2.33.